The molecule has 0 atom stereocenters. The van der Waals surface area contributed by atoms with Gasteiger partial charge in [-0.15, -0.1) is 0 Å². The molecular weight excluding hydrogens is 521 g/mol. The number of hydrogen-bond acceptors (Lipinski definition) is 4. The zero-order valence-corrected chi connectivity index (χ0v) is 21.8. The smallest absolute Gasteiger partial charge is 0.231 e. The first-order valence-electron chi connectivity index (χ1n) is 12.2. The van der Waals surface area contributed by atoms with E-state index in [-0.39, 0.29) is 12.7 Å². The SMILES string of the molecule is O=C(CCc1c(-c2ccc(Cl)cc2)nc2ccc(-c3ccccc3Cl)cn12)NCc1ccc2c(c1)OCO2. The molecule has 8 heteroatoms. The second kappa shape index (κ2) is 10.4. The maximum Gasteiger partial charge on any atom is 0.231 e. The quantitative estimate of drug-likeness (QED) is 0.241. The number of carbonyl (C=O) groups excluding carboxylic acids is 1. The summed E-state index contributed by atoms with van der Waals surface area (Å²) in [6.07, 6.45) is 2.83. The molecular formula is C30H23Cl2N3O3. The molecule has 6 rings (SSSR count). The number of aryl methyl sites for hydroxylation is 1. The lowest BCUT2D eigenvalue weighted by Gasteiger charge is -2.10. The Morgan fingerprint density at radius 3 is 2.55 bits per heavy atom. The van der Waals surface area contributed by atoms with E-state index in [2.05, 4.69) is 5.32 Å². The maximum absolute atomic E-state index is 12.9. The average molecular weight is 544 g/mol. The van der Waals surface area contributed by atoms with Crippen molar-refractivity contribution in [2.75, 3.05) is 6.79 Å². The fourth-order valence-corrected chi connectivity index (χ4v) is 4.97. The number of nitrogens with zero attached hydrogens (tertiary/aromatic N) is 2. The van der Waals surface area contributed by atoms with Crippen molar-refractivity contribution in [3.8, 4) is 33.9 Å². The van der Waals surface area contributed by atoms with Gasteiger partial charge in [-0.2, -0.15) is 0 Å². The van der Waals surface area contributed by atoms with Gasteiger partial charge in [0.05, 0.1) is 11.4 Å². The molecule has 0 unspecified atom stereocenters. The van der Waals surface area contributed by atoms with Crippen molar-refractivity contribution < 1.29 is 14.3 Å². The van der Waals surface area contributed by atoms with Crippen LogP contribution >= 0.6 is 23.2 Å². The normalized spacial score (nSPS) is 12.2. The van der Waals surface area contributed by atoms with Crippen LogP contribution in [0.5, 0.6) is 11.5 Å². The van der Waals surface area contributed by atoms with E-state index in [0.717, 1.165) is 45.0 Å². The van der Waals surface area contributed by atoms with Crippen molar-refractivity contribution in [1.29, 1.82) is 0 Å². The third-order valence-corrected chi connectivity index (χ3v) is 7.12. The summed E-state index contributed by atoms with van der Waals surface area (Å²) < 4.78 is 12.8. The van der Waals surface area contributed by atoms with Crippen LogP contribution in [0.1, 0.15) is 17.7 Å². The first-order valence-corrected chi connectivity index (χ1v) is 13.0. The summed E-state index contributed by atoms with van der Waals surface area (Å²) in [5.74, 6) is 1.37. The lowest BCUT2D eigenvalue weighted by Crippen LogP contribution is -2.23. The summed E-state index contributed by atoms with van der Waals surface area (Å²) in [5, 5.41) is 4.34. The topological polar surface area (TPSA) is 64.9 Å². The molecule has 0 saturated heterocycles. The van der Waals surface area contributed by atoms with Crippen molar-refractivity contribution >= 4 is 34.8 Å². The third kappa shape index (κ3) is 4.93. The van der Waals surface area contributed by atoms with Gasteiger partial charge in [0.25, 0.3) is 0 Å². The number of rotatable bonds is 7. The van der Waals surface area contributed by atoms with Gasteiger partial charge in [0.1, 0.15) is 5.65 Å². The predicted octanol–water partition coefficient (Wildman–Crippen LogP) is 6.95. The van der Waals surface area contributed by atoms with Gasteiger partial charge in [-0.25, -0.2) is 4.98 Å². The number of nitrogens with one attached hydrogen (secondary N) is 1. The number of hydrogen-bond donors (Lipinski definition) is 1. The highest BCUT2D eigenvalue weighted by molar-refractivity contribution is 6.33. The molecule has 2 aromatic heterocycles. The van der Waals surface area contributed by atoms with Crippen LogP contribution in [0.15, 0.2) is 85.1 Å². The number of halogens is 2. The summed E-state index contributed by atoms with van der Waals surface area (Å²) >= 11 is 12.6. The minimum atomic E-state index is -0.0538. The summed E-state index contributed by atoms with van der Waals surface area (Å²) in [5.41, 5.74) is 6.34. The van der Waals surface area contributed by atoms with E-state index in [1.165, 1.54) is 0 Å². The van der Waals surface area contributed by atoms with E-state index < -0.39 is 0 Å². The van der Waals surface area contributed by atoms with Gasteiger partial charge >= 0.3 is 0 Å². The zero-order valence-electron chi connectivity index (χ0n) is 20.3. The van der Waals surface area contributed by atoms with Gasteiger partial charge < -0.3 is 19.2 Å². The van der Waals surface area contributed by atoms with Crippen molar-refractivity contribution in [1.82, 2.24) is 14.7 Å². The molecule has 0 aliphatic carbocycles. The summed E-state index contributed by atoms with van der Waals surface area (Å²) in [6.45, 7) is 0.627. The van der Waals surface area contributed by atoms with Crippen molar-refractivity contribution in [2.24, 2.45) is 0 Å². The maximum atomic E-state index is 12.9. The molecule has 6 nitrogen and oxygen atoms in total. The predicted molar refractivity (Wildman–Crippen MR) is 149 cm³/mol. The van der Waals surface area contributed by atoms with Crippen LogP contribution in [-0.4, -0.2) is 22.1 Å². The van der Waals surface area contributed by atoms with Gasteiger partial charge in [-0.3, -0.25) is 4.79 Å². The molecule has 0 saturated carbocycles. The number of aromatic nitrogens is 2. The number of imidazole rings is 1. The zero-order chi connectivity index (χ0) is 26.1. The molecule has 0 bridgehead atoms. The Bertz CT molecular complexity index is 1650. The lowest BCUT2D eigenvalue weighted by atomic mass is 10.1. The molecule has 1 N–H and O–H groups in total. The fourth-order valence-electron chi connectivity index (χ4n) is 4.60. The number of fused-ring (bicyclic) bond motifs is 2. The van der Waals surface area contributed by atoms with Gasteiger partial charge in [0.15, 0.2) is 11.5 Å². The third-order valence-electron chi connectivity index (χ3n) is 6.54. The molecule has 0 spiro atoms. The number of ether oxygens (including phenoxy) is 2. The minimum Gasteiger partial charge on any atom is -0.454 e. The molecule has 3 aromatic carbocycles. The van der Waals surface area contributed by atoms with Crippen molar-refractivity contribution in [3.05, 3.63) is 106 Å². The highest BCUT2D eigenvalue weighted by Crippen LogP contribution is 2.33. The number of pyridine rings is 1. The Hall–Kier alpha value is -4.00. The van der Waals surface area contributed by atoms with E-state index >= 15 is 0 Å². The van der Waals surface area contributed by atoms with Gasteiger partial charge in [-0.1, -0.05) is 59.6 Å². The lowest BCUT2D eigenvalue weighted by molar-refractivity contribution is -0.121. The molecule has 38 heavy (non-hydrogen) atoms. The fraction of sp³-hybridized carbons (Fsp3) is 0.133. The molecule has 0 fully saturated rings. The van der Waals surface area contributed by atoms with Gasteiger partial charge in [0, 0.05) is 40.3 Å². The largest absolute Gasteiger partial charge is 0.454 e. The van der Waals surface area contributed by atoms with E-state index in [1.54, 1.807) is 0 Å². The second-order valence-corrected chi connectivity index (χ2v) is 9.85. The standard InChI is InChI=1S/C30H23Cl2N3O3/c31-22-9-6-20(7-10-22)30-25(11-14-29(36)33-16-19-5-12-26-27(15-19)38-18-37-26)35-17-21(8-13-28(35)34-30)23-3-1-2-4-24(23)32/h1-10,12-13,15,17H,11,14,16,18H2,(H,33,36). The Balaban J connectivity index is 1.27. The summed E-state index contributed by atoms with van der Waals surface area (Å²) in [4.78, 5) is 17.8. The summed E-state index contributed by atoms with van der Waals surface area (Å²) in [6, 6.07) is 25.0. The van der Waals surface area contributed by atoms with E-state index in [1.807, 2.05) is 89.5 Å². The second-order valence-electron chi connectivity index (χ2n) is 9.00. The van der Waals surface area contributed by atoms with Crippen LogP contribution in [-0.2, 0) is 17.8 Å². The number of carbonyl (C=O) groups is 1. The summed E-state index contributed by atoms with van der Waals surface area (Å²) in [7, 11) is 0. The van der Waals surface area contributed by atoms with Crippen molar-refractivity contribution in [3.63, 3.8) is 0 Å². The van der Waals surface area contributed by atoms with Crippen LogP contribution in [0.4, 0.5) is 0 Å². The highest BCUT2D eigenvalue weighted by Gasteiger charge is 2.17. The first-order chi connectivity index (χ1) is 18.5. The van der Waals surface area contributed by atoms with E-state index in [4.69, 9.17) is 37.7 Å². The molecule has 190 valence electrons. The molecule has 0 radical (unpaired) electrons. The molecule has 1 aliphatic heterocycles. The van der Waals surface area contributed by atoms with Crippen LogP contribution in [0.3, 0.4) is 0 Å². The van der Waals surface area contributed by atoms with Gasteiger partial charge in [-0.05, 0) is 60.0 Å². The Morgan fingerprint density at radius 1 is 0.921 bits per heavy atom. The monoisotopic (exact) mass is 543 g/mol. The Kier molecular flexibility index (Phi) is 6.66. The van der Waals surface area contributed by atoms with E-state index in [9.17, 15) is 4.79 Å². The van der Waals surface area contributed by atoms with Crippen LogP contribution in [0, 0.1) is 0 Å². The van der Waals surface area contributed by atoms with E-state index in [0.29, 0.717) is 35.2 Å². The highest BCUT2D eigenvalue weighted by atomic mass is 35.5. The molecule has 5 aromatic rings. The minimum absolute atomic E-state index is 0.0538. The van der Waals surface area contributed by atoms with Gasteiger partial charge in [0.2, 0.25) is 12.7 Å². The number of amides is 1. The molecule has 1 amide bonds. The first kappa shape index (κ1) is 24.3. The van der Waals surface area contributed by atoms with Crippen molar-refractivity contribution in [2.45, 2.75) is 19.4 Å². The average Bonchev–Trinajstić information content (AvgIpc) is 3.55. The molecule has 3 heterocycles. The number of benzene rings is 3. The molecule has 1 aliphatic rings. The Labute approximate surface area is 229 Å². The van der Waals surface area contributed by atoms with Crippen LogP contribution < -0.4 is 14.8 Å². The van der Waals surface area contributed by atoms with Crippen LogP contribution in [0.2, 0.25) is 10.0 Å². The Morgan fingerprint density at radius 2 is 1.71 bits per heavy atom. The van der Waals surface area contributed by atoms with Crippen LogP contribution in [0.25, 0.3) is 28.0 Å².